The van der Waals surface area contributed by atoms with Crippen LogP contribution in [0.25, 0.3) is 5.76 Å². The van der Waals surface area contributed by atoms with Gasteiger partial charge in [-0.2, -0.15) is 0 Å². The van der Waals surface area contributed by atoms with E-state index in [0.29, 0.717) is 16.1 Å². The lowest BCUT2D eigenvalue weighted by atomic mass is 9.88. The van der Waals surface area contributed by atoms with Crippen molar-refractivity contribution >= 4 is 34.7 Å². The van der Waals surface area contributed by atoms with Crippen LogP contribution in [0.1, 0.15) is 41.1 Å². The molecule has 1 heterocycles. The Kier molecular flexibility index (Phi) is 5.51. The molecule has 0 spiro atoms. The van der Waals surface area contributed by atoms with Crippen molar-refractivity contribution in [1.29, 1.82) is 0 Å². The van der Waals surface area contributed by atoms with Gasteiger partial charge in [0.2, 0.25) is 0 Å². The SMILES string of the molecule is O=C1C(=O)N(c2cccc(F)c2)C(c2ccc(Cl)cc2)/C1=C(/O)c1ccc2c(c1)CCCC2. The van der Waals surface area contributed by atoms with Gasteiger partial charge in [0.05, 0.1) is 11.6 Å². The van der Waals surface area contributed by atoms with Crippen LogP contribution in [0, 0.1) is 5.82 Å². The minimum absolute atomic E-state index is 0.0256. The van der Waals surface area contributed by atoms with Crippen LogP contribution in [0.5, 0.6) is 0 Å². The smallest absolute Gasteiger partial charge is 0.300 e. The quantitative estimate of drug-likeness (QED) is 0.296. The number of aliphatic hydroxyl groups is 1. The maximum absolute atomic E-state index is 14.0. The number of halogens is 2. The second-order valence-electron chi connectivity index (χ2n) is 8.39. The minimum atomic E-state index is -0.917. The largest absolute Gasteiger partial charge is 0.507 e. The molecule has 5 rings (SSSR count). The Labute approximate surface area is 195 Å². The van der Waals surface area contributed by atoms with E-state index < -0.39 is 23.5 Å². The second-order valence-corrected chi connectivity index (χ2v) is 8.83. The molecule has 1 saturated heterocycles. The fourth-order valence-electron chi connectivity index (χ4n) is 4.72. The molecule has 1 fully saturated rings. The zero-order chi connectivity index (χ0) is 23.1. The molecule has 33 heavy (non-hydrogen) atoms. The highest BCUT2D eigenvalue weighted by molar-refractivity contribution is 6.51. The van der Waals surface area contributed by atoms with Crippen molar-refractivity contribution in [1.82, 2.24) is 0 Å². The Hall–Kier alpha value is -3.44. The van der Waals surface area contributed by atoms with Crippen LogP contribution in [-0.4, -0.2) is 16.8 Å². The van der Waals surface area contributed by atoms with E-state index in [2.05, 4.69) is 0 Å². The molecular formula is C27H21ClFNO3. The molecule has 166 valence electrons. The highest BCUT2D eigenvalue weighted by Gasteiger charge is 2.47. The summed E-state index contributed by atoms with van der Waals surface area (Å²) in [5.41, 5.74) is 3.68. The van der Waals surface area contributed by atoms with Crippen molar-refractivity contribution in [3.63, 3.8) is 0 Å². The van der Waals surface area contributed by atoms with Crippen LogP contribution < -0.4 is 4.90 Å². The predicted octanol–water partition coefficient (Wildman–Crippen LogP) is 5.98. The molecule has 3 aromatic rings. The number of hydrogen-bond donors (Lipinski definition) is 1. The maximum Gasteiger partial charge on any atom is 0.300 e. The first-order valence-corrected chi connectivity index (χ1v) is 11.3. The third-order valence-corrected chi connectivity index (χ3v) is 6.59. The molecule has 1 aliphatic carbocycles. The van der Waals surface area contributed by atoms with Gasteiger partial charge in [-0.05, 0) is 78.8 Å². The van der Waals surface area contributed by atoms with Crippen molar-refractivity contribution in [2.75, 3.05) is 4.90 Å². The molecule has 1 unspecified atom stereocenters. The van der Waals surface area contributed by atoms with E-state index in [4.69, 9.17) is 11.6 Å². The predicted molar refractivity (Wildman–Crippen MR) is 126 cm³/mol. The summed E-state index contributed by atoms with van der Waals surface area (Å²) < 4.78 is 14.0. The number of hydrogen-bond acceptors (Lipinski definition) is 3. The van der Waals surface area contributed by atoms with Gasteiger partial charge < -0.3 is 5.11 Å². The van der Waals surface area contributed by atoms with Crippen molar-refractivity contribution in [3.8, 4) is 0 Å². The number of anilines is 1. The average molecular weight is 462 g/mol. The lowest BCUT2D eigenvalue weighted by molar-refractivity contribution is -0.132. The molecule has 1 atom stereocenters. The zero-order valence-electron chi connectivity index (χ0n) is 17.7. The third-order valence-electron chi connectivity index (χ3n) is 6.34. The first kappa shape index (κ1) is 21.4. The fourth-order valence-corrected chi connectivity index (χ4v) is 4.85. The van der Waals surface area contributed by atoms with Gasteiger partial charge in [-0.25, -0.2) is 4.39 Å². The molecule has 1 amide bonds. The number of aliphatic hydroxyl groups excluding tert-OH is 1. The van der Waals surface area contributed by atoms with Crippen LogP contribution in [0.15, 0.2) is 72.3 Å². The summed E-state index contributed by atoms with van der Waals surface area (Å²) in [5.74, 6) is -2.39. The molecule has 1 aliphatic heterocycles. The first-order valence-electron chi connectivity index (χ1n) is 10.9. The third kappa shape index (κ3) is 3.83. The highest BCUT2D eigenvalue weighted by Crippen LogP contribution is 2.42. The topological polar surface area (TPSA) is 57.6 Å². The summed E-state index contributed by atoms with van der Waals surface area (Å²) in [4.78, 5) is 27.6. The van der Waals surface area contributed by atoms with Gasteiger partial charge in [0.25, 0.3) is 11.7 Å². The lowest BCUT2D eigenvalue weighted by Crippen LogP contribution is -2.29. The molecule has 6 heteroatoms. The zero-order valence-corrected chi connectivity index (χ0v) is 18.5. The summed E-state index contributed by atoms with van der Waals surface area (Å²) in [6.07, 6.45) is 4.11. The molecule has 0 aromatic heterocycles. The number of carbonyl (C=O) groups excluding carboxylic acids is 2. The van der Waals surface area contributed by atoms with Crippen molar-refractivity contribution in [2.24, 2.45) is 0 Å². The number of carbonyl (C=O) groups is 2. The average Bonchev–Trinajstić information content (AvgIpc) is 3.09. The number of Topliss-reactive ketones (excluding diaryl/α,β-unsaturated/α-hetero) is 1. The van der Waals surface area contributed by atoms with Crippen LogP contribution in [0.2, 0.25) is 5.02 Å². The summed E-state index contributed by atoms with van der Waals surface area (Å²) in [7, 11) is 0. The molecule has 1 N–H and O–H groups in total. The number of nitrogens with zero attached hydrogens (tertiary/aromatic N) is 1. The Balaban J connectivity index is 1.69. The highest BCUT2D eigenvalue weighted by atomic mass is 35.5. The lowest BCUT2D eigenvalue weighted by Gasteiger charge is -2.25. The summed E-state index contributed by atoms with van der Waals surface area (Å²) in [6.45, 7) is 0. The van der Waals surface area contributed by atoms with Crippen LogP contribution >= 0.6 is 11.6 Å². The number of rotatable bonds is 3. The Morgan fingerprint density at radius 2 is 1.67 bits per heavy atom. The van der Waals surface area contributed by atoms with Crippen LogP contribution in [-0.2, 0) is 22.4 Å². The number of ketones is 1. The number of aryl methyl sites for hydroxylation is 2. The van der Waals surface area contributed by atoms with Crippen molar-refractivity contribution in [3.05, 3.63) is 105 Å². The Morgan fingerprint density at radius 1 is 0.939 bits per heavy atom. The van der Waals surface area contributed by atoms with Crippen LogP contribution in [0.4, 0.5) is 10.1 Å². The van der Waals surface area contributed by atoms with Gasteiger partial charge in [0.15, 0.2) is 0 Å². The van der Waals surface area contributed by atoms with Gasteiger partial charge in [-0.3, -0.25) is 14.5 Å². The fraction of sp³-hybridized carbons (Fsp3) is 0.185. The van der Waals surface area contributed by atoms with E-state index in [9.17, 15) is 19.1 Å². The maximum atomic E-state index is 14.0. The standard InChI is InChI=1S/C27H21ClFNO3/c28-20-12-10-17(11-13-20)24-23(25(31)19-9-8-16-4-1-2-5-18(16)14-19)26(32)27(33)30(24)22-7-3-6-21(29)15-22/h3,6-15,24,31H,1-2,4-5H2/b25-23-. The molecule has 0 radical (unpaired) electrons. The van der Waals surface area contributed by atoms with E-state index in [0.717, 1.165) is 31.2 Å². The van der Waals surface area contributed by atoms with E-state index in [-0.39, 0.29) is 17.0 Å². The molecule has 2 aliphatic rings. The Morgan fingerprint density at radius 3 is 2.39 bits per heavy atom. The van der Waals surface area contributed by atoms with E-state index in [1.165, 1.54) is 28.7 Å². The summed E-state index contributed by atoms with van der Waals surface area (Å²) >= 11 is 6.05. The Bertz CT molecular complexity index is 1300. The molecule has 0 bridgehead atoms. The minimum Gasteiger partial charge on any atom is -0.507 e. The molecule has 3 aromatic carbocycles. The number of fused-ring (bicyclic) bond motifs is 1. The number of benzene rings is 3. The normalized spacial score (nSPS) is 19.6. The van der Waals surface area contributed by atoms with Gasteiger partial charge in [-0.15, -0.1) is 0 Å². The number of amides is 1. The summed E-state index contributed by atoms with van der Waals surface area (Å²) in [6, 6.07) is 17.0. The van der Waals surface area contributed by atoms with Crippen molar-refractivity contribution in [2.45, 2.75) is 31.7 Å². The monoisotopic (exact) mass is 461 g/mol. The summed E-state index contributed by atoms with van der Waals surface area (Å²) in [5, 5.41) is 11.8. The molecule has 0 saturated carbocycles. The van der Waals surface area contributed by atoms with Gasteiger partial charge in [-0.1, -0.05) is 41.9 Å². The second kappa shape index (κ2) is 8.49. The molecule has 4 nitrogen and oxygen atoms in total. The van der Waals surface area contributed by atoms with Crippen LogP contribution in [0.3, 0.4) is 0 Å². The molecular weight excluding hydrogens is 441 g/mol. The van der Waals surface area contributed by atoms with E-state index in [1.54, 1.807) is 36.4 Å². The van der Waals surface area contributed by atoms with Gasteiger partial charge in [0, 0.05) is 16.3 Å². The van der Waals surface area contributed by atoms with Gasteiger partial charge >= 0.3 is 0 Å². The van der Waals surface area contributed by atoms with E-state index in [1.807, 2.05) is 12.1 Å². The van der Waals surface area contributed by atoms with E-state index >= 15 is 0 Å². The van der Waals surface area contributed by atoms with Gasteiger partial charge in [0.1, 0.15) is 11.6 Å². The van der Waals surface area contributed by atoms with Crippen molar-refractivity contribution < 1.29 is 19.1 Å². The first-order chi connectivity index (χ1) is 15.9.